The molecule has 8 nitrogen and oxygen atoms in total. The minimum Gasteiger partial charge on any atom is -0.389 e. The summed E-state index contributed by atoms with van der Waals surface area (Å²) in [4.78, 5) is 4.86. The Kier molecular flexibility index (Phi) is 5.02. The molecule has 0 saturated carbocycles. The Hall–Kier alpha value is -1.87. The molecule has 134 valence electrons. The molecule has 2 aliphatic rings. The average molecular weight is 344 g/mol. The van der Waals surface area contributed by atoms with Crippen LogP contribution >= 0.6 is 0 Å². The second-order valence-corrected chi connectivity index (χ2v) is 6.77. The first kappa shape index (κ1) is 16.6. The van der Waals surface area contributed by atoms with Crippen molar-refractivity contribution in [2.75, 3.05) is 39.4 Å². The van der Waals surface area contributed by atoms with E-state index in [1.807, 2.05) is 12.1 Å². The maximum Gasteiger partial charge on any atom is 0.204 e. The van der Waals surface area contributed by atoms with Crippen LogP contribution in [-0.4, -0.2) is 87.1 Å². The zero-order chi connectivity index (χ0) is 17.1. The van der Waals surface area contributed by atoms with Crippen LogP contribution in [0.4, 0.5) is 0 Å². The third-order valence-corrected chi connectivity index (χ3v) is 5.08. The molecular formula is C17H24N6O2. The number of tetrazole rings is 1. The Labute approximate surface area is 146 Å². The van der Waals surface area contributed by atoms with Crippen LogP contribution < -0.4 is 0 Å². The number of rotatable bonds is 4. The van der Waals surface area contributed by atoms with E-state index in [1.54, 1.807) is 0 Å². The molecule has 2 atom stereocenters. The summed E-state index contributed by atoms with van der Waals surface area (Å²) in [6.07, 6.45) is 0.772. The average Bonchev–Trinajstić information content (AvgIpc) is 3.25. The van der Waals surface area contributed by atoms with Gasteiger partial charge in [-0.1, -0.05) is 24.3 Å². The quantitative estimate of drug-likeness (QED) is 0.815. The van der Waals surface area contributed by atoms with Crippen LogP contribution in [0.3, 0.4) is 0 Å². The van der Waals surface area contributed by atoms with Gasteiger partial charge in [0.2, 0.25) is 5.82 Å². The molecule has 2 aliphatic heterocycles. The second-order valence-electron chi connectivity index (χ2n) is 6.77. The third kappa shape index (κ3) is 3.87. The number of nitrogens with zero attached hydrogens (tertiary/aromatic N) is 5. The summed E-state index contributed by atoms with van der Waals surface area (Å²) >= 11 is 0. The summed E-state index contributed by atoms with van der Waals surface area (Å²) in [7, 11) is 0. The van der Waals surface area contributed by atoms with Gasteiger partial charge in [0, 0.05) is 25.2 Å². The van der Waals surface area contributed by atoms with Gasteiger partial charge < -0.3 is 9.84 Å². The number of H-pyrrole nitrogens is 1. The summed E-state index contributed by atoms with van der Waals surface area (Å²) in [5, 5.41) is 24.1. The van der Waals surface area contributed by atoms with Crippen LogP contribution in [0.2, 0.25) is 0 Å². The summed E-state index contributed by atoms with van der Waals surface area (Å²) < 4.78 is 5.41. The molecule has 25 heavy (non-hydrogen) atoms. The topological polar surface area (TPSA) is 90.4 Å². The second kappa shape index (κ2) is 7.57. The number of ether oxygens (including phenoxy) is 1. The molecule has 0 spiro atoms. The van der Waals surface area contributed by atoms with E-state index in [9.17, 15) is 5.11 Å². The standard InChI is InChI=1S/C17H24N6O2/c24-16-12-25-11-15(16)23-7-1-6-22(8-9-23)10-13-2-4-14(5-3-13)17-18-20-21-19-17/h2-5,15-16,24H,1,6-12H2,(H,18,19,20,21)/t15-,16-/m0/s1. The maximum atomic E-state index is 10.0. The van der Waals surface area contributed by atoms with E-state index in [-0.39, 0.29) is 12.1 Å². The third-order valence-electron chi connectivity index (χ3n) is 5.08. The van der Waals surface area contributed by atoms with Crippen LogP contribution in [0.15, 0.2) is 24.3 Å². The number of aromatic nitrogens is 4. The molecule has 8 heteroatoms. The molecule has 4 rings (SSSR count). The molecule has 1 aromatic heterocycles. The number of aromatic amines is 1. The molecule has 3 heterocycles. The fourth-order valence-electron chi connectivity index (χ4n) is 3.66. The largest absolute Gasteiger partial charge is 0.389 e. The fraction of sp³-hybridized carbons (Fsp3) is 0.588. The lowest BCUT2D eigenvalue weighted by Crippen LogP contribution is -2.44. The highest BCUT2D eigenvalue weighted by Gasteiger charge is 2.32. The van der Waals surface area contributed by atoms with Crippen molar-refractivity contribution in [1.82, 2.24) is 30.4 Å². The number of nitrogens with one attached hydrogen (secondary N) is 1. The van der Waals surface area contributed by atoms with Crippen LogP contribution in [0, 0.1) is 0 Å². The van der Waals surface area contributed by atoms with Gasteiger partial charge in [0.25, 0.3) is 0 Å². The molecule has 0 unspecified atom stereocenters. The first-order valence-corrected chi connectivity index (χ1v) is 8.84. The summed E-state index contributed by atoms with van der Waals surface area (Å²) in [5.74, 6) is 0.620. The monoisotopic (exact) mass is 344 g/mol. The molecule has 2 aromatic rings. The normalized spacial score (nSPS) is 26.0. The minimum atomic E-state index is -0.343. The molecular weight excluding hydrogens is 320 g/mol. The van der Waals surface area contributed by atoms with E-state index >= 15 is 0 Å². The Morgan fingerprint density at radius 3 is 2.72 bits per heavy atom. The lowest BCUT2D eigenvalue weighted by atomic mass is 10.1. The Morgan fingerprint density at radius 1 is 1.12 bits per heavy atom. The van der Waals surface area contributed by atoms with Gasteiger partial charge in [0.15, 0.2) is 0 Å². The van der Waals surface area contributed by atoms with Crippen LogP contribution in [0.5, 0.6) is 0 Å². The van der Waals surface area contributed by atoms with Crippen molar-refractivity contribution in [2.24, 2.45) is 0 Å². The lowest BCUT2D eigenvalue weighted by Gasteiger charge is -2.28. The highest BCUT2D eigenvalue weighted by molar-refractivity contribution is 5.54. The highest BCUT2D eigenvalue weighted by Crippen LogP contribution is 2.18. The van der Waals surface area contributed by atoms with E-state index < -0.39 is 0 Å². The van der Waals surface area contributed by atoms with Crippen molar-refractivity contribution in [2.45, 2.75) is 25.1 Å². The SMILES string of the molecule is O[C@H]1COC[C@@H]1N1CCCN(Cc2ccc(-c3nn[nH]n3)cc2)CC1. The molecule has 2 saturated heterocycles. The predicted molar refractivity (Wildman–Crippen MR) is 91.7 cm³/mol. The molecule has 2 fully saturated rings. The molecule has 0 radical (unpaired) electrons. The number of hydrogen-bond acceptors (Lipinski definition) is 7. The van der Waals surface area contributed by atoms with Gasteiger partial charge in [-0.15, -0.1) is 10.2 Å². The van der Waals surface area contributed by atoms with E-state index in [4.69, 9.17) is 4.74 Å². The number of aliphatic hydroxyl groups excluding tert-OH is 1. The Bertz CT molecular complexity index is 662. The Morgan fingerprint density at radius 2 is 2.00 bits per heavy atom. The smallest absolute Gasteiger partial charge is 0.204 e. The predicted octanol–water partition coefficient (Wildman–Crippen LogP) is 0.134. The zero-order valence-electron chi connectivity index (χ0n) is 14.2. The van der Waals surface area contributed by atoms with E-state index in [1.165, 1.54) is 5.56 Å². The van der Waals surface area contributed by atoms with Crippen molar-refractivity contribution in [1.29, 1.82) is 0 Å². The van der Waals surface area contributed by atoms with Crippen molar-refractivity contribution < 1.29 is 9.84 Å². The zero-order valence-corrected chi connectivity index (χ0v) is 14.2. The number of benzene rings is 1. The van der Waals surface area contributed by atoms with Crippen molar-refractivity contribution in [3.05, 3.63) is 29.8 Å². The van der Waals surface area contributed by atoms with E-state index in [0.29, 0.717) is 19.0 Å². The number of aliphatic hydroxyl groups is 1. The first-order chi connectivity index (χ1) is 12.3. The number of hydrogen-bond donors (Lipinski definition) is 2. The van der Waals surface area contributed by atoms with Gasteiger partial charge in [0.1, 0.15) is 0 Å². The van der Waals surface area contributed by atoms with Crippen molar-refractivity contribution in [3.63, 3.8) is 0 Å². The molecule has 0 bridgehead atoms. The molecule has 1 aromatic carbocycles. The summed E-state index contributed by atoms with van der Waals surface area (Å²) in [5.41, 5.74) is 2.25. The molecule has 0 amide bonds. The maximum absolute atomic E-state index is 10.0. The molecule has 2 N–H and O–H groups in total. The van der Waals surface area contributed by atoms with Crippen LogP contribution in [0.25, 0.3) is 11.4 Å². The van der Waals surface area contributed by atoms with Gasteiger partial charge in [-0.3, -0.25) is 9.80 Å². The lowest BCUT2D eigenvalue weighted by molar-refractivity contribution is 0.0837. The van der Waals surface area contributed by atoms with Gasteiger partial charge in [-0.25, -0.2) is 0 Å². The van der Waals surface area contributed by atoms with Gasteiger partial charge in [0.05, 0.1) is 25.4 Å². The highest BCUT2D eigenvalue weighted by atomic mass is 16.5. The molecule has 0 aliphatic carbocycles. The minimum absolute atomic E-state index is 0.161. The van der Waals surface area contributed by atoms with Gasteiger partial charge in [-0.2, -0.15) is 5.21 Å². The van der Waals surface area contributed by atoms with Crippen molar-refractivity contribution >= 4 is 0 Å². The fourth-order valence-corrected chi connectivity index (χ4v) is 3.66. The van der Waals surface area contributed by atoms with Gasteiger partial charge in [-0.05, 0) is 30.3 Å². The van der Waals surface area contributed by atoms with E-state index in [0.717, 1.165) is 44.7 Å². The van der Waals surface area contributed by atoms with Gasteiger partial charge >= 0.3 is 0 Å². The first-order valence-electron chi connectivity index (χ1n) is 8.84. The van der Waals surface area contributed by atoms with E-state index in [2.05, 4.69) is 42.6 Å². The van der Waals surface area contributed by atoms with Crippen LogP contribution in [-0.2, 0) is 11.3 Å². The summed E-state index contributed by atoms with van der Waals surface area (Å²) in [6, 6.07) is 8.49. The van der Waals surface area contributed by atoms with Crippen LogP contribution in [0.1, 0.15) is 12.0 Å². The summed E-state index contributed by atoms with van der Waals surface area (Å²) in [6.45, 7) is 6.15. The van der Waals surface area contributed by atoms with Crippen molar-refractivity contribution in [3.8, 4) is 11.4 Å². The Balaban J connectivity index is 1.33.